The van der Waals surface area contributed by atoms with Gasteiger partial charge in [-0.25, -0.2) is 0 Å². The van der Waals surface area contributed by atoms with Crippen LogP contribution in [0.3, 0.4) is 0 Å². The number of rotatable bonds is 4. The summed E-state index contributed by atoms with van der Waals surface area (Å²) in [5.41, 5.74) is 11.6. The SMILES string of the molecule is c1cc(-c2ccc3ccccc3c2)cc(-c2c3ccccc3c(-c3ccc4oc5ccc6c7ccccc7sc6c5c4c3)c3cc(-c4cccc5ccccc45)ccc23)c1. The molecule has 2 heteroatoms. The number of thiophene rings is 1. The van der Waals surface area contributed by atoms with E-state index in [1.165, 1.54) is 113 Å². The molecule has 2 aromatic heterocycles. The lowest BCUT2D eigenvalue weighted by atomic mass is 9.84. The third-order valence-electron chi connectivity index (χ3n) is 12.6. The molecule has 0 aliphatic heterocycles. The molecule has 0 spiro atoms. The van der Waals surface area contributed by atoms with Crippen LogP contribution in [0.4, 0.5) is 0 Å². The molecule has 0 radical (unpaired) electrons. The van der Waals surface area contributed by atoms with Gasteiger partial charge in [0.2, 0.25) is 0 Å². The second-order valence-corrected chi connectivity index (χ2v) is 17.0. The molecule has 0 unspecified atom stereocenters. The van der Waals surface area contributed by atoms with Crippen LogP contribution in [-0.4, -0.2) is 0 Å². The maximum Gasteiger partial charge on any atom is 0.136 e. The Hall–Kier alpha value is -7.52. The second kappa shape index (κ2) is 13.0. The van der Waals surface area contributed by atoms with Crippen LogP contribution in [0.1, 0.15) is 0 Å². The average molecular weight is 779 g/mol. The van der Waals surface area contributed by atoms with Crippen molar-refractivity contribution >= 4 is 96.5 Å². The molecule has 0 N–H and O–H groups in total. The minimum atomic E-state index is 0.908. The molecule has 0 saturated heterocycles. The minimum absolute atomic E-state index is 0.908. The van der Waals surface area contributed by atoms with E-state index in [1.807, 2.05) is 11.3 Å². The van der Waals surface area contributed by atoms with Crippen LogP contribution in [0.15, 0.2) is 211 Å². The lowest BCUT2D eigenvalue weighted by Gasteiger charge is -2.19. The van der Waals surface area contributed by atoms with Gasteiger partial charge >= 0.3 is 0 Å². The van der Waals surface area contributed by atoms with Gasteiger partial charge in [-0.05, 0) is 136 Å². The lowest BCUT2D eigenvalue weighted by Crippen LogP contribution is -1.92. The van der Waals surface area contributed by atoms with Crippen LogP contribution in [-0.2, 0) is 0 Å². The predicted octanol–water partition coefficient (Wildman–Crippen LogP) is 17.2. The van der Waals surface area contributed by atoms with Crippen LogP contribution >= 0.6 is 11.3 Å². The molecule has 0 saturated carbocycles. The average Bonchev–Trinajstić information content (AvgIpc) is 3.88. The van der Waals surface area contributed by atoms with Crippen molar-refractivity contribution in [1.29, 1.82) is 0 Å². The minimum Gasteiger partial charge on any atom is -0.456 e. The Morgan fingerprint density at radius 2 is 0.883 bits per heavy atom. The van der Waals surface area contributed by atoms with Gasteiger partial charge < -0.3 is 4.42 Å². The normalized spacial score (nSPS) is 12.0. The van der Waals surface area contributed by atoms with Gasteiger partial charge in [0.15, 0.2) is 0 Å². The van der Waals surface area contributed by atoms with Gasteiger partial charge in [-0.15, -0.1) is 11.3 Å². The Bertz CT molecular complexity index is 3890. The van der Waals surface area contributed by atoms with E-state index in [0.29, 0.717) is 0 Å². The molecule has 0 aliphatic rings. The van der Waals surface area contributed by atoms with Gasteiger partial charge in [-0.2, -0.15) is 0 Å². The molecule has 278 valence electrons. The molecule has 0 amide bonds. The van der Waals surface area contributed by atoms with Crippen molar-refractivity contribution in [2.24, 2.45) is 0 Å². The molecule has 0 aliphatic carbocycles. The van der Waals surface area contributed by atoms with Crippen molar-refractivity contribution < 1.29 is 4.42 Å². The van der Waals surface area contributed by atoms with Crippen molar-refractivity contribution in [1.82, 2.24) is 0 Å². The summed E-state index contributed by atoms with van der Waals surface area (Å²) in [6.07, 6.45) is 0. The van der Waals surface area contributed by atoms with Gasteiger partial charge in [0, 0.05) is 30.9 Å². The number of furan rings is 1. The van der Waals surface area contributed by atoms with Crippen LogP contribution in [0.5, 0.6) is 0 Å². The molecule has 1 nitrogen and oxygen atoms in total. The highest BCUT2D eigenvalue weighted by Gasteiger charge is 2.21. The molecule has 11 aromatic carbocycles. The number of fused-ring (bicyclic) bond motifs is 11. The van der Waals surface area contributed by atoms with Gasteiger partial charge in [-0.1, -0.05) is 158 Å². The Balaban J connectivity index is 1.11. The molecule has 13 rings (SSSR count). The summed E-state index contributed by atoms with van der Waals surface area (Å²) >= 11 is 1.86. The number of benzene rings is 11. The van der Waals surface area contributed by atoms with Crippen molar-refractivity contribution in [2.75, 3.05) is 0 Å². The first-order chi connectivity index (χ1) is 29.7. The fourth-order valence-electron chi connectivity index (χ4n) is 9.87. The molecule has 2 heterocycles. The molecule has 60 heavy (non-hydrogen) atoms. The Morgan fingerprint density at radius 3 is 1.77 bits per heavy atom. The lowest BCUT2D eigenvalue weighted by molar-refractivity contribution is 0.669. The Morgan fingerprint density at radius 1 is 0.300 bits per heavy atom. The van der Waals surface area contributed by atoms with E-state index in [2.05, 4.69) is 206 Å². The molecule has 0 fully saturated rings. The van der Waals surface area contributed by atoms with Gasteiger partial charge in [-0.3, -0.25) is 0 Å². The van der Waals surface area contributed by atoms with Crippen molar-refractivity contribution in [3.8, 4) is 44.5 Å². The smallest absolute Gasteiger partial charge is 0.136 e. The topological polar surface area (TPSA) is 13.1 Å². The number of hydrogen-bond acceptors (Lipinski definition) is 2. The van der Waals surface area contributed by atoms with E-state index in [0.717, 1.165) is 16.6 Å². The second-order valence-electron chi connectivity index (χ2n) is 16.0. The quantitative estimate of drug-likeness (QED) is 0.162. The molecular weight excluding hydrogens is 745 g/mol. The largest absolute Gasteiger partial charge is 0.456 e. The van der Waals surface area contributed by atoms with Gasteiger partial charge in [0.25, 0.3) is 0 Å². The summed E-state index contributed by atoms with van der Waals surface area (Å²) in [6.45, 7) is 0. The van der Waals surface area contributed by atoms with E-state index in [-0.39, 0.29) is 0 Å². The fraction of sp³-hybridized carbons (Fsp3) is 0. The standard InChI is InChI=1S/C58H34OS/c1-2-13-37-31-39(24-23-35(37)11-1)38-15-9-16-41(32-38)55-46-19-5-6-20-47(46)56(50-33-40(25-27-48(50)55)44-21-10-14-36-12-3-4-17-43(36)44)42-26-29-52-51(34-42)57-53(59-52)30-28-49-45-18-7-8-22-54(45)60-58(49)57/h1-34H. The third-order valence-corrected chi connectivity index (χ3v) is 13.8. The summed E-state index contributed by atoms with van der Waals surface area (Å²) in [4.78, 5) is 0. The predicted molar refractivity (Wildman–Crippen MR) is 258 cm³/mol. The Labute approximate surface area is 350 Å². The molecule has 0 atom stereocenters. The molecular formula is C58H34OS. The summed E-state index contributed by atoms with van der Waals surface area (Å²) in [7, 11) is 0. The molecule has 13 aromatic rings. The van der Waals surface area contributed by atoms with Crippen LogP contribution in [0.25, 0.3) is 130 Å². The number of hydrogen-bond donors (Lipinski definition) is 0. The summed E-state index contributed by atoms with van der Waals surface area (Å²) in [5.74, 6) is 0. The highest BCUT2D eigenvalue weighted by Crippen LogP contribution is 2.48. The first-order valence-corrected chi connectivity index (χ1v) is 21.4. The monoisotopic (exact) mass is 778 g/mol. The summed E-state index contributed by atoms with van der Waals surface area (Å²) in [5, 5.41) is 14.8. The summed E-state index contributed by atoms with van der Waals surface area (Å²) in [6, 6.07) is 75.9. The van der Waals surface area contributed by atoms with Gasteiger partial charge in [0.05, 0.1) is 0 Å². The first kappa shape index (κ1) is 33.5. The zero-order chi connectivity index (χ0) is 39.3. The van der Waals surface area contributed by atoms with Crippen LogP contribution < -0.4 is 0 Å². The van der Waals surface area contributed by atoms with Crippen LogP contribution in [0, 0.1) is 0 Å². The van der Waals surface area contributed by atoms with E-state index < -0.39 is 0 Å². The summed E-state index contributed by atoms with van der Waals surface area (Å²) < 4.78 is 9.17. The maximum absolute atomic E-state index is 6.60. The van der Waals surface area contributed by atoms with Crippen molar-refractivity contribution in [2.45, 2.75) is 0 Å². The highest BCUT2D eigenvalue weighted by molar-refractivity contribution is 7.26. The van der Waals surface area contributed by atoms with E-state index in [1.54, 1.807) is 0 Å². The van der Waals surface area contributed by atoms with Crippen molar-refractivity contribution in [3.05, 3.63) is 206 Å². The maximum atomic E-state index is 6.60. The third kappa shape index (κ3) is 5.05. The van der Waals surface area contributed by atoms with Crippen LogP contribution in [0.2, 0.25) is 0 Å². The van der Waals surface area contributed by atoms with Crippen molar-refractivity contribution in [3.63, 3.8) is 0 Å². The Kier molecular flexibility index (Phi) is 7.24. The fourth-order valence-corrected chi connectivity index (χ4v) is 11.1. The van der Waals surface area contributed by atoms with E-state index >= 15 is 0 Å². The highest BCUT2D eigenvalue weighted by atomic mass is 32.1. The zero-order valence-electron chi connectivity index (χ0n) is 32.4. The van der Waals surface area contributed by atoms with E-state index in [4.69, 9.17) is 4.42 Å². The zero-order valence-corrected chi connectivity index (χ0v) is 33.3. The van der Waals surface area contributed by atoms with E-state index in [9.17, 15) is 0 Å². The first-order valence-electron chi connectivity index (χ1n) is 20.6. The van der Waals surface area contributed by atoms with Gasteiger partial charge in [0.1, 0.15) is 11.2 Å². The molecule has 0 bridgehead atoms.